The molecule has 8 N–H and O–H groups in total. The zero-order chi connectivity index (χ0) is 54.9. The molecule has 10 rings (SSSR count). The van der Waals surface area contributed by atoms with Gasteiger partial charge in [-0.25, -0.2) is 0 Å². The number of phenols is 2. The standard InChI is InChI=1S/C55H74O22/c1-21-14-28-16-33(60)47-49(45(28)32(59)15-21)52(65)46-30(57)8-10-37(48(46)51(47)64)73-43-19-35(62)54(27(7)70-43)77-55-39(17-31(58)23(3)71-55)75-41-13-11-36(24(4)67-41)72-42-18-34(61)53(26(6)69-42)76-44-20-38(50(63)25(5)68-44)74-40-12-9-29(56)22(2)66-40/h8,10,14-15,22-27,29,31,33-36,38-44,50,53-63H,9,11-13,16-20H2,1-7H3. The number of phenolic OH excluding ortho intramolecular Hbond substituents is 2. The van der Waals surface area contributed by atoms with Crippen LogP contribution in [0.5, 0.6) is 17.2 Å². The van der Waals surface area contributed by atoms with Crippen LogP contribution in [-0.4, -0.2) is 194 Å². The fourth-order valence-electron chi connectivity index (χ4n) is 12.1. The van der Waals surface area contributed by atoms with Crippen molar-refractivity contribution in [3.8, 4) is 17.2 Å². The number of Topliss-reactive ketones (excluding diaryl/α,β-unsaturated/α-hetero) is 2. The van der Waals surface area contributed by atoms with Crippen molar-refractivity contribution in [2.75, 3.05) is 0 Å². The average Bonchev–Trinajstić information content (AvgIpc) is 3.45. The molecular formula is C55H74O22. The van der Waals surface area contributed by atoms with Crippen LogP contribution in [0.2, 0.25) is 0 Å². The topological polar surface area (TPSA) is 307 Å². The largest absolute Gasteiger partial charge is 0.507 e. The third-order valence-corrected chi connectivity index (χ3v) is 16.3. The third-order valence-electron chi connectivity index (χ3n) is 16.3. The fraction of sp³-hybridized carbons (Fsp3) is 0.709. The van der Waals surface area contributed by atoms with Crippen LogP contribution in [0.1, 0.15) is 130 Å². The molecule has 426 valence electrons. The molecule has 8 aliphatic rings. The Morgan fingerprint density at radius 3 is 1.79 bits per heavy atom. The number of aliphatic hydroxyl groups excluding tert-OH is 6. The Hall–Kier alpha value is -3.76. The number of carbonyl (C=O) groups is 2. The summed E-state index contributed by atoms with van der Waals surface area (Å²) in [6.45, 7) is 12.2. The Bertz CT molecular complexity index is 2480. The lowest BCUT2D eigenvalue weighted by atomic mass is 9.72. The normalized spacial score (nSPS) is 42.6. The minimum atomic E-state index is -1.38. The Labute approximate surface area is 445 Å². The minimum absolute atomic E-state index is 0.0303. The molecule has 0 bridgehead atoms. The van der Waals surface area contributed by atoms with Crippen molar-refractivity contribution in [3.63, 3.8) is 0 Å². The summed E-state index contributed by atoms with van der Waals surface area (Å²) in [5, 5.41) is 88.0. The minimum Gasteiger partial charge on any atom is -0.507 e. The monoisotopic (exact) mass is 1090 g/mol. The number of aliphatic hydroxyl groups is 6. The first-order valence-electron chi connectivity index (χ1n) is 27.1. The zero-order valence-corrected chi connectivity index (χ0v) is 44.2. The molecular weight excluding hydrogens is 1010 g/mol. The molecule has 22 nitrogen and oxygen atoms in total. The van der Waals surface area contributed by atoms with Crippen LogP contribution in [0.3, 0.4) is 0 Å². The number of carbonyl (C=O) groups excluding carboxylic acids is 2. The van der Waals surface area contributed by atoms with Crippen LogP contribution in [0.4, 0.5) is 0 Å². The van der Waals surface area contributed by atoms with Crippen LogP contribution in [0.15, 0.2) is 29.8 Å². The zero-order valence-electron chi connectivity index (χ0n) is 44.2. The highest BCUT2D eigenvalue weighted by Crippen LogP contribution is 2.48. The Balaban J connectivity index is 0.721. The number of fused-ring (bicyclic) bond motifs is 3. The summed E-state index contributed by atoms with van der Waals surface area (Å²) in [6, 6.07) is 5.70. The molecule has 0 saturated carbocycles. The molecule has 22 heteroatoms. The van der Waals surface area contributed by atoms with Gasteiger partial charge in [-0.2, -0.15) is 0 Å². The summed E-state index contributed by atoms with van der Waals surface area (Å²) in [5.41, 5.74) is 0.273. The molecule has 23 atom stereocenters. The molecule has 0 aromatic heterocycles. The highest BCUT2D eigenvalue weighted by atomic mass is 16.8. The predicted molar refractivity (Wildman–Crippen MR) is 264 cm³/mol. The van der Waals surface area contributed by atoms with Crippen LogP contribution >= 0.6 is 0 Å². The van der Waals surface area contributed by atoms with E-state index in [-0.39, 0.29) is 71.4 Å². The molecule has 2 aromatic carbocycles. The van der Waals surface area contributed by atoms with E-state index in [2.05, 4.69) is 0 Å². The highest BCUT2D eigenvalue weighted by molar-refractivity contribution is 6.42. The summed E-state index contributed by atoms with van der Waals surface area (Å²) < 4.78 is 74.5. The van der Waals surface area contributed by atoms with Gasteiger partial charge < -0.3 is 97.7 Å². The van der Waals surface area contributed by atoms with E-state index in [1.165, 1.54) is 18.2 Å². The van der Waals surface area contributed by atoms with E-state index in [1.54, 1.807) is 47.6 Å². The Kier molecular flexibility index (Phi) is 16.9. The van der Waals surface area contributed by atoms with Gasteiger partial charge in [0.2, 0.25) is 6.29 Å². The van der Waals surface area contributed by atoms with E-state index < -0.39 is 159 Å². The maximum absolute atomic E-state index is 14.3. The van der Waals surface area contributed by atoms with E-state index in [0.29, 0.717) is 36.8 Å². The van der Waals surface area contributed by atoms with Gasteiger partial charge in [-0.05, 0) is 90.6 Å². The van der Waals surface area contributed by atoms with Crippen LogP contribution < -0.4 is 4.74 Å². The molecule has 0 spiro atoms. The summed E-state index contributed by atoms with van der Waals surface area (Å²) in [5.74, 6) is -2.38. The van der Waals surface area contributed by atoms with E-state index in [0.717, 1.165) is 0 Å². The maximum Gasteiger partial charge on any atom is 0.202 e. The molecule has 0 amide bonds. The quantitative estimate of drug-likeness (QED) is 0.152. The van der Waals surface area contributed by atoms with Crippen molar-refractivity contribution in [3.05, 3.63) is 57.7 Å². The van der Waals surface area contributed by atoms with Gasteiger partial charge in [0.1, 0.15) is 41.7 Å². The van der Waals surface area contributed by atoms with E-state index in [1.807, 2.05) is 6.92 Å². The van der Waals surface area contributed by atoms with Gasteiger partial charge in [-0.1, -0.05) is 6.07 Å². The number of ketones is 2. The highest BCUT2D eigenvalue weighted by Gasteiger charge is 2.49. The second-order valence-electron chi connectivity index (χ2n) is 22.1. The lowest BCUT2D eigenvalue weighted by Gasteiger charge is -2.45. The third kappa shape index (κ3) is 11.6. The van der Waals surface area contributed by atoms with Gasteiger partial charge in [0, 0.05) is 61.7 Å². The summed E-state index contributed by atoms with van der Waals surface area (Å²) in [4.78, 5) is 28.4. The summed E-state index contributed by atoms with van der Waals surface area (Å²) >= 11 is 0. The van der Waals surface area contributed by atoms with Crippen molar-refractivity contribution in [2.24, 2.45) is 0 Å². The molecule has 6 heterocycles. The Morgan fingerprint density at radius 1 is 0.494 bits per heavy atom. The first-order chi connectivity index (χ1) is 36.6. The molecule has 2 aliphatic carbocycles. The van der Waals surface area contributed by atoms with Gasteiger partial charge in [0.25, 0.3) is 0 Å². The van der Waals surface area contributed by atoms with Crippen molar-refractivity contribution < 1.29 is 107 Å². The number of ether oxygens (including phenoxy) is 12. The van der Waals surface area contributed by atoms with Crippen molar-refractivity contribution in [2.45, 2.75) is 248 Å². The van der Waals surface area contributed by atoms with Crippen molar-refractivity contribution in [1.29, 1.82) is 0 Å². The molecule has 6 saturated heterocycles. The average molecular weight is 1090 g/mol. The van der Waals surface area contributed by atoms with E-state index in [9.17, 15) is 50.4 Å². The number of hydrogen-bond acceptors (Lipinski definition) is 22. The number of aromatic hydroxyl groups is 2. The van der Waals surface area contributed by atoms with E-state index in [4.69, 9.17) is 56.8 Å². The van der Waals surface area contributed by atoms with Crippen molar-refractivity contribution >= 4 is 17.1 Å². The van der Waals surface area contributed by atoms with Crippen molar-refractivity contribution in [1.82, 2.24) is 0 Å². The Morgan fingerprint density at radius 2 is 1.09 bits per heavy atom. The maximum atomic E-state index is 14.3. The molecule has 77 heavy (non-hydrogen) atoms. The lowest BCUT2D eigenvalue weighted by molar-refractivity contribution is -0.351. The van der Waals surface area contributed by atoms with Gasteiger partial charge in [0.15, 0.2) is 43.0 Å². The lowest BCUT2D eigenvalue weighted by Crippen LogP contribution is -2.57. The van der Waals surface area contributed by atoms with Gasteiger partial charge in [-0.15, -0.1) is 0 Å². The van der Waals surface area contributed by atoms with Gasteiger partial charge in [0.05, 0.1) is 90.5 Å². The fourth-order valence-corrected chi connectivity index (χ4v) is 12.1. The second kappa shape index (κ2) is 23.0. The number of aryl methyl sites for hydroxylation is 1. The molecule has 2 aromatic rings. The number of benzene rings is 2. The molecule has 0 radical (unpaired) electrons. The molecule has 6 aliphatic heterocycles. The van der Waals surface area contributed by atoms with Crippen LogP contribution in [0.25, 0.3) is 5.57 Å². The first-order valence-corrected chi connectivity index (χ1v) is 27.1. The number of allylic oxidation sites excluding steroid dienone is 1. The molecule has 23 unspecified atom stereocenters. The smallest absolute Gasteiger partial charge is 0.202 e. The first kappa shape index (κ1) is 56.5. The SMILES string of the molecule is Cc1cc(O)c2c(c1)CC(O)C1=C2C(=O)c2c(O)ccc(OC3CC(O)C(OC4OC(C)C(O)CC4OC4CCC(OC5CC(O)C(OC6CC(OC7CCC(O)C(C)O7)C(O)C(C)O6)C(C)O5)C(C)O4)C(C)O3)c2C1=O. The van der Waals surface area contributed by atoms with E-state index >= 15 is 0 Å². The summed E-state index contributed by atoms with van der Waals surface area (Å²) in [6.07, 6.45) is -16.5. The van der Waals surface area contributed by atoms with Crippen LogP contribution in [0, 0.1) is 6.92 Å². The van der Waals surface area contributed by atoms with Gasteiger partial charge >= 0.3 is 0 Å². The molecule has 6 fully saturated rings. The summed E-state index contributed by atoms with van der Waals surface area (Å²) in [7, 11) is 0. The second-order valence-corrected chi connectivity index (χ2v) is 22.1. The van der Waals surface area contributed by atoms with Crippen LogP contribution in [-0.2, 0) is 58.5 Å². The number of rotatable bonds is 12. The van der Waals surface area contributed by atoms with Gasteiger partial charge in [-0.3, -0.25) is 9.59 Å². The predicted octanol–water partition coefficient (Wildman–Crippen LogP) is 2.85. The number of hydrogen-bond donors (Lipinski definition) is 8.